The maximum Gasteiger partial charge on any atom is 0.332 e. The van der Waals surface area contributed by atoms with Gasteiger partial charge in [0.25, 0.3) is 0 Å². The van der Waals surface area contributed by atoms with Crippen LogP contribution in [-0.4, -0.2) is 30.8 Å². The van der Waals surface area contributed by atoms with Crippen molar-refractivity contribution < 1.29 is 14.3 Å². The minimum absolute atomic E-state index is 0.159. The molecule has 3 rings (SSSR count). The van der Waals surface area contributed by atoms with Gasteiger partial charge in [-0.05, 0) is 29.7 Å². The van der Waals surface area contributed by atoms with Crippen LogP contribution in [0.25, 0.3) is 0 Å². The van der Waals surface area contributed by atoms with Gasteiger partial charge in [0.05, 0.1) is 19.8 Å². The van der Waals surface area contributed by atoms with Crippen molar-refractivity contribution in [3.05, 3.63) is 114 Å². The number of esters is 1. The summed E-state index contributed by atoms with van der Waals surface area (Å²) >= 11 is 0. The Balaban J connectivity index is 1.44. The molecule has 160 valence electrons. The lowest BCUT2D eigenvalue weighted by Crippen LogP contribution is -2.13. The Bertz CT molecular complexity index is 905. The van der Waals surface area contributed by atoms with Crippen molar-refractivity contribution in [2.75, 3.05) is 19.8 Å². The predicted octanol–water partition coefficient (Wildman–Crippen LogP) is 4.25. The molecule has 0 spiro atoms. The van der Waals surface area contributed by atoms with E-state index < -0.39 is 5.97 Å². The molecule has 5 heteroatoms. The maximum atomic E-state index is 12.1. The van der Waals surface area contributed by atoms with Gasteiger partial charge in [-0.15, -0.1) is 0 Å². The largest absolute Gasteiger partial charge is 0.462 e. The summed E-state index contributed by atoms with van der Waals surface area (Å²) in [5, 5.41) is 0. The summed E-state index contributed by atoms with van der Waals surface area (Å²) in [4.78, 5) is 16.4. The van der Waals surface area contributed by atoms with Crippen molar-refractivity contribution in [2.45, 2.75) is 18.8 Å². The highest BCUT2D eigenvalue weighted by Crippen LogP contribution is 2.27. The minimum atomic E-state index is -0.453. The minimum Gasteiger partial charge on any atom is -0.462 e. The molecule has 0 unspecified atom stereocenters. The van der Waals surface area contributed by atoms with Crippen LogP contribution in [0.15, 0.2) is 96.8 Å². The van der Waals surface area contributed by atoms with Crippen LogP contribution in [0.4, 0.5) is 0 Å². The first kappa shape index (κ1) is 22.2. The van der Waals surface area contributed by atoms with Crippen LogP contribution in [0, 0.1) is 0 Å². The lowest BCUT2D eigenvalue weighted by atomic mass is 9.89. The van der Waals surface area contributed by atoms with Gasteiger partial charge in [-0.2, -0.15) is 0 Å². The van der Waals surface area contributed by atoms with Gasteiger partial charge in [0.1, 0.15) is 0 Å². The number of nitrogens with zero attached hydrogens (tertiary/aromatic N) is 1. The van der Waals surface area contributed by atoms with Gasteiger partial charge in [0.15, 0.2) is 0 Å². The Hall–Kier alpha value is -3.44. The first-order valence-corrected chi connectivity index (χ1v) is 10.4. The van der Waals surface area contributed by atoms with Gasteiger partial charge in [-0.25, -0.2) is 4.79 Å². The van der Waals surface area contributed by atoms with E-state index in [1.54, 1.807) is 6.20 Å². The molecule has 0 atom stereocenters. The van der Waals surface area contributed by atoms with E-state index in [1.807, 2.05) is 54.6 Å². The summed E-state index contributed by atoms with van der Waals surface area (Å²) in [6.07, 6.45) is 4.42. The summed E-state index contributed by atoms with van der Waals surface area (Å²) in [5.41, 5.74) is 9.57. The number of nitrogens with two attached hydrogens (primary N) is 1. The molecule has 0 aliphatic carbocycles. The normalized spacial score (nSPS) is 11.5. The van der Waals surface area contributed by atoms with E-state index >= 15 is 0 Å². The summed E-state index contributed by atoms with van der Waals surface area (Å²) in [5.74, 6) is -0.294. The van der Waals surface area contributed by atoms with Crippen LogP contribution < -0.4 is 5.73 Å². The lowest BCUT2D eigenvalue weighted by Gasteiger charge is -2.18. The highest BCUT2D eigenvalue weighted by molar-refractivity contribution is 5.82. The molecule has 0 radical (unpaired) electrons. The van der Waals surface area contributed by atoms with Crippen molar-refractivity contribution in [1.29, 1.82) is 0 Å². The fourth-order valence-corrected chi connectivity index (χ4v) is 3.32. The first-order valence-electron chi connectivity index (χ1n) is 10.4. The van der Waals surface area contributed by atoms with E-state index in [1.165, 1.54) is 17.2 Å². The van der Waals surface area contributed by atoms with Crippen molar-refractivity contribution >= 4 is 5.97 Å². The van der Waals surface area contributed by atoms with E-state index in [9.17, 15) is 4.79 Å². The van der Waals surface area contributed by atoms with E-state index in [-0.39, 0.29) is 12.5 Å². The zero-order chi connectivity index (χ0) is 21.7. The molecular formula is C26H28N2O3. The van der Waals surface area contributed by atoms with Gasteiger partial charge in [-0.1, -0.05) is 66.7 Å². The number of benzene rings is 2. The second-order valence-corrected chi connectivity index (χ2v) is 7.17. The molecule has 5 nitrogen and oxygen atoms in total. The molecule has 2 N–H and O–H groups in total. The number of carbonyl (C=O) groups excluding carboxylic acids is 1. The van der Waals surface area contributed by atoms with E-state index in [4.69, 9.17) is 15.2 Å². The number of pyridine rings is 1. The molecule has 1 aromatic heterocycles. The smallest absolute Gasteiger partial charge is 0.332 e. The van der Waals surface area contributed by atoms with E-state index in [0.717, 1.165) is 5.69 Å². The van der Waals surface area contributed by atoms with Gasteiger partial charge >= 0.3 is 5.97 Å². The number of hydrogen-bond acceptors (Lipinski definition) is 5. The average molecular weight is 417 g/mol. The summed E-state index contributed by atoms with van der Waals surface area (Å²) in [6.45, 7) is 0.965. The van der Waals surface area contributed by atoms with Crippen LogP contribution >= 0.6 is 0 Å². The molecule has 0 saturated carbocycles. The Morgan fingerprint density at radius 2 is 1.55 bits per heavy atom. The molecule has 0 bridgehead atoms. The van der Waals surface area contributed by atoms with Crippen LogP contribution in [0.3, 0.4) is 0 Å². The number of ether oxygens (including phenoxy) is 2. The predicted molar refractivity (Wildman–Crippen MR) is 121 cm³/mol. The Kier molecular flexibility index (Phi) is 8.83. The van der Waals surface area contributed by atoms with Gasteiger partial charge in [0, 0.05) is 36.0 Å². The fraction of sp³-hybridized carbons (Fsp3) is 0.231. The number of carbonyl (C=O) groups is 1. The van der Waals surface area contributed by atoms with E-state index in [0.29, 0.717) is 31.8 Å². The molecule has 0 fully saturated rings. The quantitative estimate of drug-likeness (QED) is 0.287. The Morgan fingerprint density at radius 3 is 2.16 bits per heavy atom. The molecule has 3 aromatic rings. The van der Waals surface area contributed by atoms with Crippen molar-refractivity contribution in [1.82, 2.24) is 4.98 Å². The molecule has 0 saturated heterocycles. The Morgan fingerprint density at radius 1 is 0.903 bits per heavy atom. The summed E-state index contributed by atoms with van der Waals surface area (Å²) < 4.78 is 10.9. The van der Waals surface area contributed by atoms with Crippen molar-refractivity contribution in [2.24, 2.45) is 5.73 Å². The zero-order valence-corrected chi connectivity index (χ0v) is 17.5. The standard InChI is InChI=1S/C26H28N2O3/c27-23(20-30-17-14-24-13-7-8-16-28-24)19-26(29)31-18-15-25(21-9-3-1-4-10-21)22-11-5-2-6-12-22/h1-13,16,19,25H,14-15,17-18,20,27H2/b23-19-. The third kappa shape index (κ3) is 7.72. The Labute approximate surface area is 183 Å². The summed E-state index contributed by atoms with van der Waals surface area (Å²) in [7, 11) is 0. The van der Waals surface area contributed by atoms with Gasteiger partial charge in [-0.3, -0.25) is 4.98 Å². The van der Waals surface area contributed by atoms with Crippen LogP contribution in [0.5, 0.6) is 0 Å². The molecule has 1 heterocycles. The lowest BCUT2D eigenvalue weighted by molar-refractivity contribution is -0.138. The third-order valence-electron chi connectivity index (χ3n) is 4.86. The van der Waals surface area contributed by atoms with Crippen molar-refractivity contribution in [3.8, 4) is 0 Å². The monoisotopic (exact) mass is 416 g/mol. The molecule has 0 aliphatic rings. The molecule has 0 aliphatic heterocycles. The SMILES string of the molecule is N/C(=C\C(=O)OCCC(c1ccccc1)c1ccccc1)COCCc1ccccn1. The topological polar surface area (TPSA) is 74.4 Å². The first-order chi connectivity index (χ1) is 15.2. The van der Waals surface area contributed by atoms with Gasteiger partial charge < -0.3 is 15.2 Å². The molecular weight excluding hydrogens is 388 g/mol. The summed E-state index contributed by atoms with van der Waals surface area (Å²) in [6, 6.07) is 26.2. The fourth-order valence-electron chi connectivity index (χ4n) is 3.32. The van der Waals surface area contributed by atoms with Gasteiger partial charge in [0.2, 0.25) is 0 Å². The average Bonchev–Trinajstić information content (AvgIpc) is 2.81. The number of aromatic nitrogens is 1. The van der Waals surface area contributed by atoms with Crippen LogP contribution in [-0.2, 0) is 20.7 Å². The third-order valence-corrected chi connectivity index (χ3v) is 4.86. The second kappa shape index (κ2) is 12.3. The highest BCUT2D eigenvalue weighted by atomic mass is 16.5. The number of hydrogen-bond donors (Lipinski definition) is 1. The second-order valence-electron chi connectivity index (χ2n) is 7.17. The van der Waals surface area contributed by atoms with Crippen molar-refractivity contribution in [3.63, 3.8) is 0 Å². The van der Waals surface area contributed by atoms with Crippen LogP contribution in [0.1, 0.15) is 29.2 Å². The molecule has 31 heavy (non-hydrogen) atoms. The van der Waals surface area contributed by atoms with Crippen LogP contribution in [0.2, 0.25) is 0 Å². The maximum absolute atomic E-state index is 12.1. The number of rotatable bonds is 11. The zero-order valence-electron chi connectivity index (χ0n) is 17.5. The van der Waals surface area contributed by atoms with E-state index in [2.05, 4.69) is 29.2 Å². The molecule has 0 amide bonds. The highest BCUT2D eigenvalue weighted by Gasteiger charge is 2.14. The molecule has 2 aromatic carbocycles.